The first kappa shape index (κ1) is 11.7. The van der Waals surface area contributed by atoms with Crippen LogP contribution in [0, 0.1) is 0 Å². The van der Waals surface area contributed by atoms with Crippen molar-refractivity contribution in [2.45, 2.75) is 51.6 Å². The lowest BCUT2D eigenvalue weighted by Gasteiger charge is -2.27. The van der Waals surface area contributed by atoms with Gasteiger partial charge in [0.15, 0.2) is 0 Å². The number of nitrogens with zero attached hydrogens (tertiary/aromatic N) is 3. The van der Waals surface area contributed by atoms with E-state index in [1.165, 1.54) is 63.1 Å². The second kappa shape index (κ2) is 5.11. The lowest BCUT2D eigenvalue weighted by Crippen LogP contribution is -2.30. The molecule has 0 radical (unpaired) electrons. The van der Waals surface area contributed by atoms with Crippen LogP contribution in [0.4, 0.5) is 0 Å². The maximum atomic E-state index is 4.72. The average Bonchev–Trinajstić information content (AvgIpc) is 2.69. The lowest BCUT2D eigenvalue weighted by molar-refractivity contribution is 0.212. The molecule has 2 aliphatic heterocycles. The van der Waals surface area contributed by atoms with Gasteiger partial charge in [0.2, 0.25) is 0 Å². The van der Waals surface area contributed by atoms with E-state index in [0.717, 1.165) is 17.7 Å². The molecule has 3 heterocycles. The van der Waals surface area contributed by atoms with E-state index in [9.17, 15) is 0 Å². The third kappa shape index (κ3) is 2.43. The number of fused-ring (bicyclic) bond motifs is 1. The summed E-state index contributed by atoms with van der Waals surface area (Å²) in [6.45, 7) is 4.70. The Kier molecular flexibility index (Phi) is 3.52. The number of hydrogen-bond donors (Lipinski definition) is 0. The van der Waals surface area contributed by atoms with Gasteiger partial charge in [-0.15, -0.1) is 0 Å². The van der Waals surface area contributed by atoms with Crippen LogP contribution in [-0.2, 0) is 19.5 Å². The van der Waals surface area contributed by atoms with Gasteiger partial charge in [0.1, 0.15) is 10.4 Å². The zero-order chi connectivity index (χ0) is 11.7. The highest BCUT2D eigenvalue weighted by molar-refractivity contribution is 9.10. The Morgan fingerprint density at radius 3 is 2.59 bits per heavy atom. The fraction of sp³-hybridized carbons (Fsp3) is 0.769. The first-order chi connectivity index (χ1) is 8.34. The summed E-state index contributed by atoms with van der Waals surface area (Å²) in [6, 6.07) is 0. The SMILES string of the molecule is Brc1nc(CN2CCCCC2)n2c1CCCC2. The molecule has 0 aliphatic carbocycles. The maximum absolute atomic E-state index is 4.72. The number of aromatic nitrogens is 2. The molecule has 1 aromatic heterocycles. The van der Waals surface area contributed by atoms with Crippen molar-refractivity contribution in [3.05, 3.63) is 16.1 Å². The number of hydrogen-bond acceptors (Lipinski definition) is 2. The minimum Gasteiger partial charge on any atom is -0.330 e. The van der Waals surface area contributed by atoms with Crippen molar-refractivity contribution in [2.24, 2.45) is 0 Å². The molecule has 1 fully saturated rings. The molecule has 0 atom stereocenters. The normalized spacial score (nSPS) is 21.5. The van der Waals surface area contributed by atoms with E-state index in [4.69, 9.17) is 4.98 Å². The van der Waals surface area contributed by atoms with Crippen molar-refractivity contribution in [3.63, 3.8) is 0 Å². The fourth-order valence-corrected chi connectivity index (χ4v) is 3.63. The number of piperidine rings is 1. The number of rotatable bonds is 2. The number of likely N-dealkylation sites (tertiary alicyclic amines) is 1. The molecule has 1 saturated heterocycles. The molecule has 1 aromatic rings. The summed E-state index contributed by atoms with van der Waals surface area (Å²) in [5.41, 5.74) is 1.42. The molecule has 0 amide bonds. The highest BCUT2D eigenvalue weighted by atomic mass is 79.9. The summed E-state index contributed by atoms with van der Waals surface area (Å²) in [5, 5.41) is 0. The molecule has 0 N–H and O–H groups in total. The van der Waals surface area contributed by atoms with Crippen molar-refractivity contribution >= 4 is 15.9 Å². The Labute approximate surface area is 111 Å². The van der Waals surface area contributed by atoms with E-state index < -0.39 is 0 Å². The van der Waals surface area contributed by atoms with Gasteiger partial charge < -0.3 is 4.57 Å². The van der Waals surface area contributed by atoms with Gasteiger partial charge in [0.25, 0.3) is 0 Å². The largest absolute Gasteiger partial charge is 0.330 e. The van der Waals surface area contributed by atoms with Gasteiger partial charge in [0, 0.05) is 6.54 Å². The third-order valence-electron chi connectivity index (χ3n) is 3.96. The monoisotopic (exact) mass is 297 g/mol. The Bertz CT molecular complexity index is 394. The summed E-state index contributed by atoms with van der Waals surface area (Å²) in [4.78, 5) is 7.28. The Morgan fingerprint density at radius 1 is 1.00 bits per heavy atom. The molecule has 4 heteroatoms. The highest BCUT2D eigenvalue weighted by Gasteiger charge is 2.20. The van der Waals surface area contributed by atoms with Crippen molar-refractivity contribution in [2.75, 3.05) is 13.1 Å². The van der Waals surface area contributed by atoms with Crippen molar-refractivity contribution in [1.82, 2.24) is 14.5 Å². The summed E-state index contributed by atoms with van der Waals surface area (Å²) in [7, 11) is 0. The second-order valence-corrected chi connectivity index (χ2v) is 5.96. The van der Waals surface area contributed by atoms with Gasteiger partial charge >= 0.3 is 0 Å². The van der Waals surface area contributed by atoms with Crippen LogP contribution in [0.5, 0.6) is 0 Å². The van der Waals surface area contributed by atoms with Gasteiger partial charge in [-0.2, -0.15) is 0 Å². The van der Waals surface area contributed by atoms with Crippen LogP contribution >= 0.6 is 15.9 Å². The second-order valence-electron chi connectivity index (χ2n) is 5.21. The van der Waals surface area contributed by atoms with Gasteiger partial charge in [-0.25, -0.2) is 4.98 Å². The van der Waals surface area contributed by atoms with Gasteiger partial charge in [-0.3, -0.25) is 4.90 Å². The molecule has 3 nitrogen and oxygen atoms in total. The minimum absolute atomic E-state index is 1.04. The summed E-state index contributed by atoms with van der Waals surface area (Å²) in [5.74, 6) is 1.27. The first-order valence-electron chi connectivity index (χ1n) is 6.81. The quantitative estimate of drug-likeness (QED) is 0.837. The molecular formula is C13H20BrN3. The molecule has 0 aromatic carbocycles. The Hall–Kier alpha value is -0.350. The molecular weight excluding hydrogens is 278 g/mol. The van der Waals surface area contributed by atoms with Gasteiger partial charge in [-0.1, -0.05) is 6.42 Å². The molecule has 3 rings (SSSR count). The van der Waals surface area contributed by atoms with E-state index in [1.807, 2.05) is 0 Å². The number of halogens is 1. The van der Waals surface area contributed by atoms with Crippen LogP contribution in [0.15, 0.2) is 4.60 Å². The van der Waals surface area contributed by atoms with Crippen LogP contribution in [-0.4, -0.2) is 27.5 Å². The van der Waals surface area contributed by atoms with E-state index >= 15 is 0 Å². The molecule has 2 aliphatic rings. The highest BCUT2D eigenvalue weighted by Crippen LogP contribution is 2.25. The molecule has 17 heavy (non-hydrogen) atoms. The summed E-state index contributed by atoms with van der Waals surface area (Å²) >= 11 is 3.62. The molecule has 0 unspecified atom stereocenters. The Morgan fingerprint density at radius 2 is 1.76 bits per heavy atom. The molecule has 0 saturated carbocycles. The summed E-state index contributed by atoms with van der Waals surface area (Å²) in [6.07, 6.45) is 7.92. The predicted molar refractivity (Wildman–Crippen MR) is 72.0 cm³/mol. The standard InChI is InChI=1S/C13H20BrN3/c14-13-11-6-2-5-9-17(11)12(15-13)10-16-7-3-1-4-8-16/h1-10H2. The van der Waals surface area contributed by atoms with Gasteiger partial charge in [0.05, 0.1) is 12.2 Å². The fourth-order valence-electron chi connectivity index (χ4n) is 3.01. The van der Waals surface area contributed by atoms with Crippen LogP contribution in [0.1, 0.15) is 43.6 Å². The zero-order valence-corrected chi connectivity index (χ0v) is 11.9. The van der Waals surface area contributed by atoms with Crippen LogP contribution in [0.3, 0.4) is 0 Å². The van der Waals surface area contributed by atoms with Crippen molar-refractivity contribution < 1.29 is 0 Å². The van der Waals surface area contributed by atoms with Crippen molar-refractivity contribution in [3.8, 4) is 0 Å². The Balaban J connectivity index is 1.78. The third-order valence-corrected chi connectivity index (χ3v) is 4.60. The molecule has 0 bridgehead atoms. The average molecular weight is 298 g/mol. The lowest BCUT2D eigenvalue weighted by atomic mass is 10.1. The van der Waals surface area contributed by atoms with E-state index in [1.54, 1.807) is 0 Å². The van der Waals surface area contributed by atoms with Crippen molar-refractivity contribution in [1.29, 1.82) is 0 Å². The molecule has 0 spiro atoms. The van der Waals surface area contributed by atoms with E-state index in [-0.39, 0.29) is 0 Å². The van der Waals surface area contributed by atoms with Crippen LogP contribution in [0.2, 0.25) is 0 Å². The number of imidazole rings is 1. The van der Waals surface area contributed by atoms with E-state index in [0.29, 0.717) is 0 Å². The first-order valence-corrected chi connectivity index (χ1v) is 7.60. The van der Waals surface area contributed by atoms with Crippen LogP contribution < -0.4 is 0 Å². The topological polar surface area (TPSA) is 21.1 Å². The predicted octanol–water partition coefficient (Wildman–Crippen LogP) is 2.97. The zero-order valence-electron chi connectivity index (χ0n) is 10.3. The molecule has 94 valence electrons. The van der Waals surface area contributed by atoms with Crippen LogP contribution in [0.25, 0.3) is 0 Å². The van der Waals surface area contributed by atoms with Gasteiger partial charge in [-0.05, 0) is 61.1 Å². The smallest absolute Gasteiger partial charge is 0.127 e. The van der Waals surface area contributed by atoms with E-state index in [2.05, 4.69) is 25.4 Å². The maximum Gasteiger partial charge on any atom is 0.127 e. The minimum atomic E-state index is 1.04. The summed E-state index contributed by atoms with van der Waals surface area (Å²) < 4.78 is 3.53.